The van der Waals surface area contributed by atoms with Crippen molar-refractivity contribution in [1.82, 2.24) is 14.7 Å². The van der Waals surface area contributed by atoms with Gasteiger partial charge in [0.1, 0.15) is 0 Å². The first-order chi connectivity index (χ1) is 9.81. The molecule has 1 amide bonds. The van der Waals surface area contributed by atoms with E-state index in [4.69, 9.17) is 5.26 Å². The van der Waals surface area contributed by atoms with Crippen molar-refractivity contribution in [3.8, 4) is 6.07 Å². The van der Waals surface area contributed by atoms with E-state index < -0.39 is 12.7 Å². The van der Waals surface area contributed by atoms with Gasteiger partial charge in [0.15, 0.2) is 0 Å². The van der Waals surface area contributed by atoms with Gasteiger partial charge in [-0.15, -0.1) is 0 Å². The lowest BCUT2D eigenvalue weighted by Crippen LogP contribution is -2.49. The molecule has 0 atom stereocenters. The number of hydrogen-bond acceptors (Lipinski definition) is 4. The van der Waals surface area contributed by atoms with Crippen molar-refractivity contribution in [1.29, 1.82) is 5.26 Å². The molecule has 1 heterocycles. The van der Waals surface area contributed by atoms with E-state index in [1.165, 1.54) is 9.80 Å². The van der Waals surface area contributed by atoms with Gasteiger partial charge in [-0.3, -0.25) is 9.69 Å². The number of alkyl halides is 3. The quantitative estimate of drug-likeness (QED) is 0.732. The SMILES string of the molecule is CN(CCC#N)C(=O)CCN1CCN(CC(F)(F)F)CC1. The topological polar surface area (TPSA) is 50.6 Å². The van der Waals surface area contributed by atoms with Crippen LogP contribution < -0.4 is 0 Å². The molecule has 8 heteroatoms. The number of amides is 1. The van der Waals surface area contributed by atoms with Crippen LogP contribution in [-0.4, -0.2) is 79.6 Å². The number of halogens is 3. The Labute approximate surface area is 122 Å². The fourth-order valence-corrected chi connectivity index (χ4v) is 2.21. The Morgan fingerprint density at radius 1 is 1.24 bits per heavy atom. The van der Waals surface area contributed by atoms with E-state index in [1.807, 2.05) is 11.0 Å². The van der Waals surface area contributed by atoms with E-state index in [9.17, 15) is 18.0 Å². The van der Waals surface area contributed by atoms with Crippen molar-refractivity contribution < 1.29 is 18.0 Å². The highest BCUT2D eigenvalue weighted by Crippen LogP contribution is 2.17. The minimum Gasteiger partial charge on any atom is -0.345 e. The Bertz CT molecular complexity index is 373. The fraction of sp³-hybridized carbons (Fsp3) is 0.846. The number of carbonyl (C=O) groups is 1. The van der Waals surface area contributed by atoms with Gasteiger partial charge in [0.05, 0.1) is 19.0 Å². The average molecular weight is 306 g/mol. The molecule has 5 nitrogen and oxygen atoms in total. The summed E-state index contributed by atoms with van der Waals surface area (Å²) in [5.41, 5.74) is 0. The third kappa shape index (κ3) is 7.29. The molecule has 0 aromatic rings. The van der Waals surface area contributed by atoms with Gasteiger partial charge in [0, 0.05) is 52.7 Å². The highest BCUT2D eigenvalue weighted by molar-refractivity contribution is 5.76. The average Bonchev–Trinajstić information content (AvgIpc) is 2.42. The molecule has 1 aliphatic rings. The summed E-state index contributed by atoms with van der Waals surface area (Å²) in [4.78, 5) is 16.7. The predicted molar refractivity (Wildman–Crippen MR) is 71.4 cm³/mol. The van der Waals surface area contributed by atoms with Gasteiger partial charge in [-0.1, -0.05) is 0 Å². The molecule has 0 N–H and O–H groups in total. The van der Waals surface area contributed by atoms with Crippen molar-refractivity contribution in [2.75, 3.05) is 52.9 Å². The molecule has 0 aliphatic carbocycles. The molecule has 0 radical (unpaired) electrons. The first-order valence-corrected chi connectivity index (χ1v) is 6.94. The maximum atomic E-state index is 12.3. The summed E-state index contributed by atoms with van der Waals surface area (Å²) in [5, 5.41) is 8.46. The third-order valence-corrected chi connectivity index (χ3v) is 3.49. The maximum Gasteiger partial charge on any atom is 0.401 e. The predicted octanol–water partition coefficient (Wildman–Crippen LogP) is 0.928. The number of nitrogens with zero attached hydrogens (tertiary/aromatic N) is 4. The zero-order valence-electron chi connectivity index (χ0n) is 12.2. The van der Waals surface area contributed by atoms with Crippen molar-refractivity contribution in [2.45, 2.75) is 19.0 Å². The van der Waals surface area contributed by atoms with Crippen LogP contribution in [0.25, 0.3) is 0 Å². The first kappa shape index (κ1) is 17.7. The zero-order valence-corrected chi connectivity index (χ0v) is 12.2. The summed E-state index contributed by atoms with van der Waals surface area (Å²) in [6.07, 6.45) is -3.51. The molecule has 1 aliphatic heterocycles. The van der Waals surface area contributed by atoms with Gasteiger partial charge in [-0.25, -0.2) is 0 Å². The molecule has 0 bridgehead atoms. The van der Waals surface area contributed by atoms with Crippen LogP contribution >= 0.6 is 0 Å². The maximum absolute atomic E-state index is 12.3. The van der Waals surface area contributed by atoms with E-state index in [0.717, 1.165) is 0 Å². The molecule has 0 saturated carbocycles. The number of carbonyl (C=O) groups excluding carboxylic acids is 1. The number of piperazine rings is 1. The monoisotopic (exact) mass is 306 g/mol. The Kier molecular flexibility index (Phi) is 6.92. The second-order valence-electron chi connectivity index (χ2n) is 5.21. The summed E-state index contributed by atoms with van der Waals surface area (Å²) in [6.45, 7) is 1.94. The molecule has 1 fully saturated rings. The van der Waals surface area contributed by atoms with Crippen molar-refractivity contribution in [2.24, 2.45) is 0 Å². The zero-order chi connectivity index (χ0) is 15.9. The smallest absolute Gasteiger partial charge is 0.345 e. The minimum atomic E-state index is -4.15. The van der Waals surface area contributed by atoms with Gasteiger partial charge >= 0.3 is 6.18 Å². The summed E-state index contributed by atoms with van der Waals surface area (Å²) >= 11 is 0. The normalized spacial score (nSPS) is 17.5. The molecule has 0 spiro atoms. The Hall–Kier alpha value is -1.33. The van der Waals surface area contributed by atoms with Crippen LogP contribution in [0.1, 0.15) is 12.8 Å². The highest BCUT2D eigenvalue weighted by atomic mass is 19.4. The Balaban J connectivity index is 2.21. The summed E-state index contributed by atoms with van der Waals surface area (Å²) < 4.78 is 36.8. The summed E-state index contributed by atoms with van der Waals surface area (Å²) in [6, 6.07) is 1.98. The van der Waals surface area contributed by atoms with Crippen LogP contribution in [0.2, 0.25) is 0 Å². The first-order valence-electron chi connectivity index (χ1n) is 6.94. The van der Waals surface area contributed by atoms with E-state index in [-0.39, 0.29) is 5.91 Å². The molecule has 0 aromatic heterocycles. The molecule has 120 valence electrons. The van der Waals surface area contributed by atoms with Crippen LogP contribution in [0.5, 0.6) is 0 Å². The molecule has 0 unspecified atom stereocenters. The third-order valence-electron chi connectivity index (χ3n) is 3.49. The minimum absolute atomic E-state index is 0.0389. The lowest BCUT2D eigenvalue weighted by molar-refractivity contribution is -0.149. The number of rotatable bonds is 6. The van der Waals surface area contributed by atoms with E-state index in [2.05, 4.69) is 0 Å². The molecular formula is C13H21F3N4O. The number of nitriles is 1. The van der Waals surface area contributed by atoms with Gasteiger partial charge in [-0.05, 0) is 0 Å². The van der Waals surface area contributed by atoms with Crippen LogP contribution in [0.3, 0.4) is 0 Å². The summed E-state index contributed by atoms with van der Waals surface area (Å²) in [5.74, 6) is -0.0389. The second kappa shape index (κ2) is 8.20. The van der Waals surface area contributed by atoms with E-state index in [0.29, 0.717) is 52.1 Å². The van der Waals surface area contributed by atoms with Crippen molar-refractivity contribution in [3.05, 3.63) is 0 Å². The molecule has 0 aromatic carbocycles. The van der Waals surface area contributed by atoms with Gasteiger partial charge in [-0.2, -0.15) is 18.4 Å². The molecule has 1 saturated heterocycles. The molecule has 1 rings (SSSR count). The van der Waals surface area contributed by atoms with Gasteiger partial charge in [0.25, 0.3) is 0 Å². The van der Waals surface area contributed by atoms with Crippen LogP contribution in [-0.2, 0) is 4.79 Å². The van der Waals surface area contributed by atoms with Gasteiger partial charge < -0.3 is 9.80 Å². The largest absolute Gasteiger partial charge is 0.401 e. The van der Waals surface area contributed by atoms with Crippen molar-refractivity contribution in [3.63, 3.8) is 0 Å². The van der Waals surface area contributed by atoms with Crippen molar-refractivity contribution >= 4 is 5.91 Å². The fourth-order valence-electron chi connectivity index (χ4n) is 2.21. The second-order valence-corrected chi connectivity index (χ2v) is 5.21. The van der Waals surface area contributed by atoms with E-state index >= 15 is 0 Å². The number of hydrogen-bond donors (Lipinski definition) is 0. The van der Waals surface area contributed by atoms with Crippen LogP contribution in [0.4, 0.5) is 13.2 Å². The molecular weight excluding hydrogens is 285 g/mol. The summed E-state index contributed by atoms with van der Waals surface area (Å²) in [7, 11) is 1.65. The Morgan fingerprint density at radius 3 is 2.33 bits per heavy atom. The standard InChI is InChI=1S/C13H21F3N4O/c1-18(5-2-4-17)12(21)3-6-19-7-9-20(10-8-19)11-13(14,15)16/h2-3,5-11H2,1H3. The van der Waals surface area contributed by atoms with E-state index in [1.54, 1.807) is 7.05 Å². The highest BCUT2D eigenvalue weighted by Gasteiger charge is 2.32. The lowest BCUT2D eigenvalue weighted by atomic mass is 10.2. The lowest BCUT2D eigenvalue weighted by Gasteiger charge is -2.35. The van der Waals surface area contributed by atoms with Gasteiger partial charge in [0.2, 0.25) is 5.91 Å². The van der Waals surface area contributed by atoms with Crippen LogP contribution in [0, 0.1) is 11.3 Å². The molecule has 21 heavy (non-hydrogen) atoms. The van der Waals surface area contributed by atoms with Crippen LogP contribution in [0.15, 0.2) is 0 Å². The Morgan fingerprint density at radius 2 is 1.81 bits per heavy atom.